The molecule has 2 atom stereocenters. The van der Waals surface area contributed by atoms with Gasteiger partial charge < -0.3 is 4.74 Å². The maximum Gasteiger partial charge on any atom is 0.330 e. The number of esters is 1. The minimum absolute atomic E-state index is 0.279. The van der Waals surface area contributed by atoms with Crippen LogP contribution < -0.4 is 0 Å². The van der Waals surface area contributed by atoms with Crippen LogP contribution in [0.2, 0.25) is 0 Å². The van der Waals surface area contributed by atoms with E-state index in [4.69, 9.17) is 0 Å². The molecule has 0 bridgehead atoms. The molecule has 0 aromatic heterocycles. The van der Waals surface area contributed by atoms with Gasteiger partial charge in [0.25, 0.3) is 0 Å². The number of hydrogen-bond donors (Lipinski definition) is 0. The first-order chi connectivity index (χ1) is 8.72. The van der Waals surface area contributed by atoms with Crippen LogP contribution >= 0.6 is 0 Å². The second-order valence-corrected chi connectivity index (χ2v) is 4.60. The Hall–Kier alpha value is -1.83. The van der Waals surface area contributed by atoms with Crippen LogP contribution in [0.4, 0.5) is 0 Å². The quantitative estimate of drug-likeness (QED) is 0.462. The van der Waals surface area contributed by atoms with Crippen LogP contribution in [0.25, 0.3) is 0 Å². The molecule has 0 heterocycles. The van der Waals surface area contributed by atoms with Crippen molar-refractivity contribution < 1.29 is 9.53 Å². The number of allylic oxidation sites excluding steroid dienone is 3. The van der Waals surface area contributed by atoms with Gasteiger partial charge in [0.05, 0.1) is 7.11 Å². The van der Waals surface area contributed by atoms with Gasteiger partial charge in [-0.1, -0.05) is 49.4 Å². The molecule has 94 valence electrons. The van der Waals surface area contributed by atoms with Gasteiger partial charge in [-0.2, -0.15) is 0 Å². The highest BCUT2D eigenvalue weighted by molar-refractivity contribution is 5.81. The molecule has 0 N–H and O–H groups in total. The lowest BCUT2D eigenvalue weighted by molar-refractivity contribution is -0.134. The van der Waals surface area contributed by atoms with Gasteiger partial charge in [0, 0.05) is 12.0 Å². The molecule has 2 heteroatoms. The van der Waals surface area contributed by atoms with Crippen molar-refractivity contribution in [1.29, 1.82) is 0 Å². The molecule has 0 radical (unpaired) electrons. The van der Waals surface area contributed by atoms with Gasteiger partial charge in [0.15, 0.2) is 0 Å². The molecule has 1 aromatic carbocycles. The van der Waals surface area contributed by atoms with Gasteiger partial charge in [-0.25, -0.2) is 4.79 Å². The van der Waals surface area contributed by atoms with Crippen LogP contribution in [0.5, 0.6) is 0 Å². The Kier molecular flexibility index (Phi) is 3.98. The summed E-state index contributed by atoms with van der Waals surface area (Å²) in [6.45, 7) is 2.12. The van der Waals surface area contributed by atoms with E-state index in [0.29, 0.717) is 5.92 Å². The lowest BCUT2D eigenvalue weighted by atomic mass is 9.80. The molecule has 0 saturated heterocycles. The summed E-state index contributed by atoms with van der Waals surface area (Å²) in [6, 6.07) is 8.49. The molecule has 0 spiro atoms. The summed E-state index contributed by atoms with van der Waals surface area (Å²) in [5.74, 6) is 0.326. The molecular weight excluding hydrogens is 224 g/mol. The van der Waals surface area contributed by atoms with E-state index in [1.807, 2.05) is 6.08 Å². The third kappa shape index (κ3) is 2.70. The Bertz CT molecular complexity index is 486. The average Bonchev–Trinajstić information content (AvgIpc) is 2.43. The zero-order chi connectivity index (χ0) is 13.0. The van der Waals surface area contributed by atoms with Crippen LogP contribution in [0.1, 0.15) is 24.0 Å². The average molecular weight is 242 g/mol. The first-order valence-corrected chi connectivity index (χ1v) is 6.23. The molecule has 2 nitrogen and oxygen atoms in total. The van der Waals surface area contributed by atoms with Crippen molar-refractivity contribution in [1.82, 2.24) is 0 Å². The van der Waals surface area contributed by atoms with Crippen LogP contribution in [0.3, 0.4) is 0 Å². The van der Waals surface area contributed by atoms with Gasteiger partial charge in [-0.3, -0.25) is 0 Å². The summed E-state index contributed by atoms with van der Waals surface area (Å²) in [4.78, 5) is 11.1. The smallest absolute Gasteiger partial charge is 0.330 e. The van der Waals surface area contributed by atoms with Gasteiger partial charge in [0.2, 0.25) is 0 Å². The number of benzene rings is 1. The molecule has 1 aliphatic carbocycles. The molecular formula is C16H18O2. The fraction of sp³-hybridized carbons (Fsp3) is 0.312. The second kappa shape index (κ2) is 5.67. The molecule has 0 aliphatic heterocycles. The maximum absolute atomic E-state index is 11.1. The summed E-state index contributed by atoms with van der Waals surface area (Å²) in [6.07, 6.45) is 8.86. The van der Waals surface area contributed by atoms with E-state index >= 15 is 0 Å². The van der Waals surface area contributed by atoms with Crippen LogP contribution in [-0.2, 0) is 16.0 Å². The highest BCUT2D eigenvalue weighted by Gasteiger charge is 2.19. The lowest BCUT2D eigenvalue weighted by Gasteiger charge is -2.24. The minimum Gasteiger partial charge on any atom is -0.466 e. The molecule has 0 fully saturated rings. The van der Waals surface area contributed by atoms with Gasteiger partial charge in [0.1, 0.15) is 0 Å². The van der Waals surface area contributed by atoms with Crippen LogP contribution in [0.15, 0.2) is 48.6 Å². The number of hydrogen-bond acceptors (Lipinski definition) is 2. The van der Waals surface area contributed by atoms with Crippen LogP contribution in [0, 0.1) is 5.92 Å². The van der Waals surface area contributed by atoms with Crippen LogP contribution in [-0.4, -0.2) is 13.1 Å². The zero-order valence-electron chi connectivity index (χ0n) is 10.8. The summed E-state index contributed by atoms with van der Waals surface area (Å²) in [7, 11) is 1.40. The zero-order valence-corrected chi connectivity index (χ0v) is 10.8. The Labute approximate surface area is 108 Å². The van der Waals surface area contributed by atoms with Crippen molar-refractivity contribution in [2.75, 3.05) is 7.11 Å². The number of fused-ring (bicyclic) bond motifs is 1. The fourth-order valence-corrected chi connectivity index (χ4v) is 2.37. The van der Waals surface area contributed by atoms with Crippen molar-refractivity contribution in [3.05, 3.63) is 59.7 Å². The molecule has 18 heavy (non-hydrogen) atoms. The molecule has 1 aliphatic rings. The van der Waals surface area contributed by atoms with Gasteiger partial charge >= 0.3 is 5.97 Å². The maximum atomic E-state index is 11.1. The molecule has 2 rings (SSSR count). The monoisotopic (exact) mass is 242 g/mol. The first kappa shape index (κ1) is 12.6. The summed E-state index contributed by atoms with van der Waals surface area (Å²) < 4.78 is 4.61. The third-order valence-electron chi connectivity index (χ3n) is 3.40. The van der Waals surface area contributed by atoms with Crippen molar-refractivity contribution in [3.8, 4) is 0 Å². The summed E-state index contributed by atoms with van der Waals surface area (Å²) in [5, 5.41) is 0. The summed E-state index contributed by atoms with van der Waals surface area (Å²) in [5.41, 5.74) is 2.74. The van der Waals surface area contributed by atoms with Crippen molar-refractivity contribution in [2.45, 2.75) is 19.3 Å². The number of methoxy groups -OCH3 is 1. The number of carbonyl (C=O) groups is 1. The standard InChI is InChI=1S/C16H18O2/c1-12(10-11-16(17)18-2)14-9-5-7-13-6-3-4-8-15(13)14/h3-6,8-12,14H,7H2,1-2H3/b11-10+/t12-,14+/m0/s1. The normalized spacial score (nSPS) is 19.6. The van der Waals surface area contributed by atoms with E-state index in [1.54, 1.807) is 0 Å². The molecule has 0 saturated carbocycles. The Balaban J connectivity index is 2.18. The molecule has 0 amide bonds. The topological polar surface area (TPSA) is 26.3 Å². The molecule has 1 aromatic rings. The van der Waals surface area contributed by atoms with E-state index in [0.717, 1.165) is 6.42 Å². The molecule has 0 unspecified atom stereocenters. The van der Waals surface area contributed by atoms with E-state index < -0.39 is 0 Å². The highest BCUT2D eigenvalue weighted by Crippen LogP contribution is 2.33. The number of carbonyl (C=O) groups excluding carboxylic acids is 1. The summed E-state index contributed by atoms with van der Waals surface area (Å²) >= 11 is 0. The van der Waals surface area contributed by atoms with Crippen molar-refractivity contribution >= 4 is 5.97 Å². The first-order valence-electron chi connectivity index (χ1n) is 6.23. The van der Waals surface area contributed by atoms with Gasteiger partial charge in [-0.15, -0.1) is 0 Å². The second-order valence-electron chi connectivity index (χ2n) is 4.60. The highest BCUT2D eigenvalue weighted by atomic mass is 16.5. The fourth-order valence-electron chi connectivity index (χ4n) is 2.37. The Morgan fingerprint density at radius 2 is 2.22 bits per heavy atom. The SMILES string of the molecule is COC(=O)/C=C/[C@H](C)[C@H]1C=CCc2ccccc21. The predicted octanol–water partition coefficient (Wildman–Crippen LogP) is 3.25. The lowest BCUT2D eigenvalue weighted by Crippen LogP contribution is -2.11. The van der Waals surface area contributed by atoms with Crippen molar-refractivity contribution in [3.63, 3.8) is 0 Å². The van der Waals surface area contributed by atoms with E-state index in [9.17, 15) is 4.79 Å². The minimum atomic E-state index is -0.296. The largest absolute Gasteiger partial charge is 0.466 e. The number of ether oxygens (including phenoxy) is 1. The van der Waals surface area contributed by atoms with E-state index in [2.05, 4.69) is 48.1 Å². The van der Waals surface area contributed by atoms with Crippen molar-refractivity contribution in [2.24, 2.45) is 5.92 Å². The van der Waals surface area contributed by atoms with Gasteiger partial charge in [-0.05, 0) is 23.5 Å². The Morgan fingerprint density at radius 1 is 1.44 bits per heavy atom. The van der Waals surface area contributed by atoms with E-state index in [1.165, 1.54) is 24.3 Å². The Morgan fingerprint density at radius 3 is 3.00 bits per heavy atom. The van der Waals surface area contributed by atoms with E-state index in [-0.39, 0.29) is 11.9 Å². The predicted molar refractivity (Wildman–Crippen MR) is 72.3 cm³/mol. The third-order valence-corrected chi connectivity index (χ3v) is 3.40. The number of rotatable bonds is 3.